The molecule has 0 aliphatic heterocycles. The number of carbonyl (C=O) groups excluding carboxylic acids is 1. The summed E-state index contributed by atoms with van der Waals surface area (Å²) in [5.74, 6) is 1.52. The SMILES string of the molecule is COc1ccc(NC(=O)COc2ccc(C(C)(C)C)cc2)cc1OCc1ccncc1. The lowest BCUT2D eigenvalue weighted by Crippen LogP contribution is -2.20. The van der Waals surface area contributed by atoms with Crippen molar-refractivity contribution in [2.75, 3.05) is 19.0 Å². The molecular formula is C25H28N2O4. The first-order valence-corrected chi connectivity index (χ1v) is 10.1. The number of hydrogen-bond acceptors (Lipinski definition) is 5. The first kappa shape index (κ1) is 22.2. The van der Waals surface area contributed by atoms with Gasteiger partial charge in [-0.15, -0.1) is 0 Å². The molecule has 0 fully saturated rings. The standard InChI is InChI=1S/C25H28N2O4/c1-25(2,3)19-5-8-21(9-6-19)30-17-24(28)27-20-7-10-22(29-4)23(15-20)31-16-18-11-13-26-14-12-18/h5-15H,16-17H2,1-4H3,(H,27,28). The second kappa shape index (κ2) is 9.98. The van der Waals surface area contributed by atoms with E-state index in [9.17, 15) is 4.79 Å². The highest BCUT2D eigenvalue weighted by molar-refractivity contribution is 5.92. The number of rotatable bonds is 8. The molecule has 1 heterocycles. The molecule has 1 aromatic heterocycles. The van der Waals surface area contributed by atoms with Gasteiger partial charge in [-0.3, -0.25) is 9.78 Å². The molecule has 6 heteroatoms. The molecule has 0 unspecified atom stereocenters. The van der Waals surface area contributed by atoms with Crippen LogP contribution in [0.1, 0.15) is 31.9 Å². The summed E-state index contributed by atoms with van der Waals surface area (Å²) in [7, 11) is 1.58. The van der Waals surface area contributed by atoms with Crippen molar-refractivity contribution in [3.8, 4) is 17.2 Å². The van der Waals surface area contributed by atoms with Gasteiger partial charge in [0.1, 0.15) is 12.4 Å². The second-order valence-corrected chi connectivity index (χ2v) is 8.12. The van der Waals surface area contributed by atoms with Crippen LogP contribution in [0.4, 0.5) is 5.69 Å². The van der Waals surface area contributed by atoms with Gasteiger partial charge in [-0.05, 0) is 52.9 Å². The van der Waals surface area contributed by atoms with Crippen LogP contribution in [-0.4, -0.2) is 24.6 Å². The number of methoxy groups -OCH3 is 1. The van der Waals surface area contributed by atoms with E-state index in [1.807, 2.05) is 36.4 Å². The van der Waals surface area contributed by atoms with Crippen molar-refractivity contribution in [1.29, 1.82) is 0 Å². The fourth-order valence-corrected chi connectivity index (χ4v) is 2.90. The average Bonchev–Trinajstić information content (AvgIpc) is 2.77. The van der Waals surface area contributed by atoms with Gasteiger partial charge in [0.15, 0.2) is 18.1 Å². The van der Waals surface area contributed by atoms with Crippen LogP contribution in [0.2, 0.25) is 0 Å². The van der Waals surface area contributed by atoms with Crippen LogP contribution >= 0.6 is 0 Å². The monoisotopic (exact) mass is 420 g/mol. The van der Waals surface area contributed by atoms with Gasteiger partial charge in [0, 0.05) is 24.1 Å². The molecule has 0 atom stereocenters. The van der Waals surface area contributed by atoms with E-state index < -0.39 is 0 Å². The fourth-order valence-electron chi connectivity index (χ4n) is 2.90. The minimum absolute atomic E-state index is 0.0709. The summed E-state index contributed by atoms with van der Waals surface area (Å²) < 4.78 is 16.8. The van der Waals surface area contributed by atoms with E-state index in [-0.39, 0.29) is 17.9 Å². The molecule has 0 aliphatic rings. The lowest BCUT2D eigenvalue weighted by molar-refractivity contribution is -0.118. The smallest absolute Gasteiger partial charge is 0.262 e. The van der Waals surface area contributed by atoms with Gasteiger partial charge in [0.2, 0.25) is 0 Å². The average molecular weight is 421 g/mol. The van der Waals surface area contributed by atoms with Crippen molar-refractivity contribution in [3.05, 3.63) is 78.1 Å². The number of amides is 1. The number of hydrogen-bond donors (Lipinski definition) is 1. The molecule has 3 aromatic rings. The Balaban J connectivity index is 1.58. The largest absolute Gasteiger partial charge is 0.493 e. The zero-order valence-corrected chi connectivity index (χ0v) is 18.3. The molecule has 3 rings (SSSR count). The molecule has 0 saturated heterocycles. The van der Waals surface area contributed by atoms with Crippen LogP contribution in [0, 0.1) is 0 Å². The minimum Gasteiger partial charge on any atom is -0.493 e. The molecule has 162 valence electrons. The van der Waals surface area contributed by atoms with E-state index >= 15 is 0 Å². The van der Waals surface area contributed by atoms with E-state index in [2.05, 4.69) is 31.1 Å². The number of aromatic nitrogens is 1. The molecule has 2 aromatic carbocycles. The van der Waals surface area contributed by atoms with Gasteiger partial charge < -0.3 is 19.5 Å². The number of carbonyl (C=O) groups is 1. The molecule has 1 amide bonds. The fraction of sp³-hybridized carbons (Fsp3) is 0.280. The summed E-state index contributed by atoms with van der Waals surface area (Å²) in [6, 6.07) is 16.8. The molecule has 6 nitrogen and oxygen atoms in total. The highest BCUT2D eigenvalue weighted by atomic mass is 16.5. The predicted molar refractivity (Wildman–Crippen MR) is 121 cm³/mol. The summed E-state index contributed by atoms with van der Waals surface area (Å²) in [5, 5.41) is 2.83. The van der Waals surface area contributed by atoms with Crippen LogP contribution < -0.4 is 19.5 Å². The third-order valence-corrected chi connectivity index (χ3v) is 4.68. The third-order valence-electron chi connectivity index (χ3n) is 4.68. The summed E-state index contributed by atoms with van der Waals surface area (Å²) in [4.78, 5) is 16.3. The Kier molecular flexibility index (Phi) is 7.13. The van der Waals surface area contributed by atoms with Gasteiger partial charge in [0.05, 0.1) is 7.11 Å². The van der Waals surface area contributed by atoms with E-state index in [1.165, 1.54) is 5.56 Å². The van der Waals surface area contributed by atoms with E-state index in [4.69, 9.17) is 14.2 Å². The lowest BCUT2D eigenvalue weighted by Gasteiger charge is -2.19. The van der Waals surface area contributed by atoms with Crippen molar-refractivity contribution >= 4 is 11.6 Å². The maximum atomic E-state index is 12.3. The minimum atomic E-state index is -0.259. The van der Waals surface area contributed by atoms with E-state index in [1.54, 1.807) is 37.7 Å². The van der Waals surface area contributed by atoms with Gasteiger partial charge in [-0.1, -0.05) is 32.9 Å². The van der Waals surface area contributed by atoms with Crippen molar-refractivity contribution in [2.45, 2.75) is 32.8 Å². The van der Waals surface area contributed by atoms with Gasteiger partial charge >= 0.3 is 0 Å². The predicted octanol–water partition coefficient (Wildman–Crippen LogP) is 4.98. The summed E-state index contributed by atoms with van der Waals surface area (Å²) in [5.41, 5.74) is 2.86. The summed E-state index contributed by atoms with van der Waals surface area (Å²) >= 11 is 0. The molecule has 31 heavy (non-hydrogen) atoms. The van der Waals surface area contributed by atoms with Crippen LogP contribution in [0.5, 0.6) is 17.2 Å². The lowest BCUT2D eigenvalue weighted by atomic mass is 9.87. The number of pyridine rings is 1. The number of nitrogens with one attached hydrogen (secondary N) is 1. The Bertz CT molecular complexity index is 996. The van der Waals surface area contributed by atoms with Crippen molar-refractivity contribution in [1.82, 2.24) is 4.98 Å². The zero-order valence-electron chi connectivity index (χ0n) is 18.3. The number of ether oxygens (including phenoxy) is 3. The molecule has 0 spiro atoms. The van der Waals surface area contributed by atoms with Crippen LogP contribution in [0.25, 0.3) is 0 Å². The molecule has 1 N–H and O–H groups in total. The zero-order chi connectivity index (χ0) is 22.3. The molecule has 0 saturated carbocycles. The Labute approximate surface area is 183 Å². The Morgan fingerprint density at radius 1 is 0.935 bits per heavy atom. The Hall–Kier alpha value is -3.54. The van der Waals surface area contributed by atoms with Crippen LogP contribution in [-0.2, 0) is 16.8 Å². The summed E-state index contributed by atoms with van der Waals surface area (Å²) in [6.07, 6.45) is 3.42. The topological polar surface area (TPSA) is 69.7 Å². The number of anilines is 1. The third kappa shape index (κ3) is 6.47. The second-order valence-electron chi connectivity index (χ2n) is 8.12. The maximum Gasteiger partial charge on any atom is 0.262 e. The van der Waals surface area contributed by atoms with Gasteiger partial charge in [0.25, 0.3) is 5.91 Å². The van der Waals surface area contributed by atoms with Crippen molar-refractivity contribution < 1.29 is 19.0 Å². The first-order valence-electron chi connectivity index (χ1n) is 10.1. The quantitative estimate of drug-likeness (QED) is 0.556. The van der Waals surface area contributed by atoms with Gasteiger partial charge in [-0.2, -0.15) is 0 Å². The molecule has 0 bridgehead atoms. The van der Waals surface area contributed by atoms with E-state index in [0.29, 0.717) is 29.5 Å². The van der Waals surface area contributed by atoms with Crippen molar-refractivity contribution in [2.24, 2.45) is 0 Å². The highest BCUT2D eigenvalue weighted by Crippen LogP contribution is 2.31. The Morgan fingerprint density at radius 3 is 2.29 bits per heavy atom. The Morgan fingerprint density at radius 2 is 1.65 bits per heavy atom. The molecule has 0 aliphatic carbocycles. The molecular weight excluding hydrogens is 392 g/mol. The van der Waals surface area contributed by atoms with E-state index in [0.717, 1.165) is 5.56 Å². The maximum absolute atomic E-state index is 12.3. The van der Waals surface area contributed by atoms with Crippen LogP contribution in [0.15, 0.2) is 67.0 Å². The number of nitrogens with zero attached hydrogens (tertiary/aromatic N) is 1. The van der Waals surface area contributed by atoms with Crippen LogP contribution in [0.3, 0.4) is 0 Å². The van der Waals surface area contributed by atoms with Crippen molar-refractivity contribution in [3.63, 3.8) is 0 Å². The summed E-state index contributed by atoms with van der Waals surface area (Å²) in [6.45, 7) is 6.73. The number of benzene rings is 2. The normalized spacial score (nSPS) is 11.0. The highest BCUT2D eigenvalue weighted by Gasteiger charge is 2.13. The van der Waals surface area contributed by atoms with Gasteiger partial charge in [-0.25, -0.2) is 0 Å². The first-order chi connectivity index (χ1) is 14.8. The molecule has 0 radical (unpaired) electrons.